The van der Waals surface area contributed by atoms with Crippen molar-refractivity contribution in [1.82, 2.24) is 15.1 Å². The van der Waals surface area contributed by atoms with E-state index in [2.05, 4.69) is 10.2 Å². The Labute approximate surface area is 120 Å². The highest BCUT2D eigenvalue weighted by atomic mass is 16.4. The van der Waals surface area contributed by atoms with Crippen LogP contribution < -0.4 is 5.32 Å². The van der Waals surface area contributed by atoms with Gasteiger partial charge in [-0.1, -0.05) is 12.8 Å². The van der Waals surface area contributed by atoms with E-state index in [1.807, 2.05) is 4.90 Å². The van der Waals surface area contributed by atoms with Crippen LogP contribution in [0.3, 0.4) is 0 Å². The van der Waals surface area contributed by atoms with Gasteiger partial charge in [-0.2, -0.15) is 0 Å². The van der Waals surface area contributed by atoms with Crippen LogP contribution in [0.1, 0.15) is 32.1 Å². The Morgan fingerprint density at radius 3 is 2.55 bits per heavy atom. The Bertz CT molecular complexity index is 333. The van der Waals surface area contributed by atoms with Gasteiger partial charge in [0.15, 0.2) is 0 Å². The van der Waals surface area contributed by atoms with Crippen molar-refractivity contribution in [2.75, 3.05) is 39.3 Å². The molecule has 0 saturated carbocycles. The number of amides is 1. The van der Waals surface area contributed by atoms with E-state index in [0.717, 1.165) is 52.0 Å². The molecule has 1 unspecified atom stereocenters. The number of hydrogen-bond donors (Lipinski definition) is 2. The molecule has 2 heterocycles. The summed E-state index contributed by atoms with van der Waals surface area (Å²) in [5, 5.41) is 12.0. The molecule has 0 radical (unpaired) electrons. The minimum atomic E-state index is -0.758. The highest BCUT2D eigenvalue weighted by molar-refractivity contribution is 5.82. The zero-order valence-electron chi connectivity index (χ0n) is 12.0. The number of carbonyl (C=O) groups excluding carboxylic acids is 1. The SMILES string of the molecule is O=C(O)CCN1CCN(C(=O)C2CCCCCN2)CC1. The molecule has 0 aromatic carbocycles. The number of carbonyl (C=O) groups is 2. The summed E-state index contributed by atoms with van der Waals surface area (Å²) in [5.41, 5.74) is 0. The fourth-order valence-electron chi connectivity index (χ4n) is 2.91. The molecule has 0 aliphatic carbocycles. The molecule has 20 heavy (non-hydrogen) atoms. The minimum Gasteiger partial charge on any atom is -0.481 e. The maximum absolute atomic E-state index is 12.4. The monoisotopic (exact) mass is 283 g/mol. The first kappa shape index (κ1) is 15.3. The maximum Gasteiger partial charge on any atom is 0.304 e. The molecule has 2 saturated heterocycles. The van der Waals surface area contributed by atoms with E-state index in [-0.39, 0.29) is 18.4 Å². The normalized spacial score (nSPS) is 25.2. The van der Waals surface area contributed by atoms with Crippen LogP contribution in [-0.2, 0) is 9.59 Å². The van der Waals surface area contributed by atoms with Crippen LogP contribution in [0.2, 0.25) is 0 Å². The van der Waals surface area contributed by atoms with Gasteiger partial charge in [0.1, 0.15) is 0 Å². The predicted octanol–water partition coefficient (Wildman–Crippen LogP) is 0.138. The van der Waals surface area contributed by atoms with Crippen molar-refractivity contribution in [1.29, 1.82) is 0 Å². The number of carboxylic acids is 1. The lowest BCUT2D eigenvalue weighted by Crippen LogP contribution is -2.54. The Hall–Kier alpha value is -1.14. The van der Waals surface area contributed by atoms with Gasteiger partial charge in [-0.05, 0) is 19.4 Å². The summed E-state index contributed by atoms with van der Waals surface area (Å²) in [6, 6.07) is -0.0110. The van der Waals surface area contributed by atoms with Crippen LogP contribution in [0.15, 0.2) is 0 Å². The number of hydrogen-bond acceptors (Lipinski definition) is 4. The topological polar surface area (TPSA) is 72.9 Å². The second-order valence-electron chi connectivity index (χ2n) is 5.67. The minimum absolute atomic E-state index is 0.0110. The molecule has 2 aliphatic heterocycles. The predicted molar refractivity (Wildman–Crippen MR) is 75.5 cm³/mol. The number of aliphatic carboxylic acids is 1. The second-order valence-corrected chi connectivity index (χ2v) is 5.67. The molecule has 6 nitrogen and oxygen atoms in total. The van der Waals surface area contributed by atoms with Crippen LogP contribution in [-0.4, -0.2) is 72.1 Å². The van der Waals surface area contributed by atoms with Crippen LogP contribution in [0, 0.1) is 0 Å². The fraction of sp³-hybridized carbons (Fsp3) is 0.857. The van der Waals surface area contributed by atoms with Gasteiger partial charge >= 0.3 is 5.97 Å². The Morgan fingerprint density at radius 1 is 1.10 bits per heavy atom. The van der Waals surface area contributed by atoms with Gasteiger partial charge in [0, 0.05) is 32.7 Å². The summed E-state index contributed by atoms with van der Waals surface area (Å²) < 4.78 is 0. The standard InChI is InChI=1S/C14H25N3O3/c18-13(19)5-7-16-8-10-17(11-9-16)14(20)12-4-2-1-3-6-15-12/h12,15H,1-11H2,(H,18,19). The van der Waals surface area contributed by atoms with Gasteiger partial charge in [0.25, 0.3) is 0 Å². The van der Waals surface area contributed by atoms with Gasteiger partial charge in [0.05, 0.1) is 12.5 Å². The van der Waals surface area contributed by atoms with Crippen LogP contribution in [0.25, 0.3) is 0 Å². The van der Waals surface area contributed by atoms with Gasteiger partial charge in [0.2, 0.25) is 5.91 Å². The highest BCUT2D eigenvalue weighted by Gasteiger charge is 2.27. The smallest absolute Gasteiger partial charge is 0.304 e. The lowest BCUT2D eigenvalue weighted by atomic mass is 10.1. The van der Waals surface area contributed by atoms with Crippen molar-refractivity contribution in [3.8, 4) is 0 Å². The Kier molecular flexibility index (Phi) is 5.79. The number of piperazine rings is 1. The summed E-state index contributed by atoms with van der Waals surface area (Å²) in [5.74, 6) is -0.532. The average Bonchev–Trinajstić information content (AvgIpc) is 2.74. The summed E-state index contributed by atoms with van der Waals surface area (Å²) >= 11 is 0. The van der Waals surface area contributed by atoms with E-state index in [1.165, 1.54) is 6.42 Å². The zero-order chi connectivity index (χ0) is 14.4. The molecule has 2 N–H and O–H groups in total. The zero-order valence-corrected chi connectivity index (χ0v) is 12.0. The summed E-state index contributed by atoms with van der Waals surface area (Å²) in [6.07, 6.45) is 4.62. The van der Waals surface area contributed by atoms with Crippen molar-refractivity contribution >= 4 is 11.9 Å². The molecule has 6 heteroatoms. The molecule has 1 amide bonds. The largest absolute Gasteiger partial charge is 0.481 e. The Balaban J connectivity index is 1.74. The molecular weight excluding hydrogens is 258 g/mol. The average molecular weight is 283 g/mol. The molecule has 2 rings (SSSR count). The first-order valence-corrected chi connectivity index (χ1v) is 7.63. The fourth-order valence-corrected chi connectivity index (χ4v) is 2.91. The van der Waals surface area contributed by atoms with Gasteiger partial charge < -0.3 is 15.3 Å². The molecule has 0 aromatic rings. The number of nitrogens with zero attached hydrogens (tertiary/aromatic N) is 2. The van der Waals surface area contributed by atoms with E-state index in [1.54, 1.807) is 0 Å². The first-order valence-electron chi connectivity index (χ1n) is 7.63. The molecule has 2 fully saturated rings. The van der Waals surface area contributed by atoms with E-state index in [4.69, 9.17) is 5.11 Å². The third-order valence-electron chi connectivity index (χ3n) is 4.18. The number of carboxylic acid groups (broad SMARTS) is 1. The van der Waals surface area contributed by atoms with E-state index >= 15 is 0 Å². The third kappa shape index (κ3) is 4.45. The molecular formula is C14H25N3O3. The first-order chi connectivity index (χ1) is 9.66. The van der Waals surface area contributed by atoms with E-state index in [9.17, 15) is 9.59 Å². The highest BCUT2D eigenvalue weighted by Crippen LogP contribution is 2.12. The van der Waals surface area contributed by atoms with Crippen LogP contribution >= 0.6 is 0 Å². The summed E-state index contributed by atoms with van der Waals surface area (Å²) in [7, 11) is 0. The molecule has 0 spiro atoms. The molecule has 2 aliphatic rings. The second kappa shape index (κ2) is 7.59. The van der Waals surface area contributed by atoms with Gasteiger partial charge in [-0.15, -0.1) is 0 Å². The molecule has 114 valence electrons. The van der Waals surface area contributed by atoms with E-state index in [0.29, 0.717) is 6.54 Å². The van der Waals surface area contributed by atoms with Gasteiger partial charge in [-0.3, -0.25) is 14.5 Å². The quantitative estimate of drug-likeness (QED) is 0.768. The van der Waals surface area contributed by atoms with Crippen LogP contribution in [0.5, 0.6) is 0 Å². The number of rotatable bonds is 4. The summed E-state index contributed by atoms with van der Waals surface area (Å²) in [6.45, 7) is 4.53. The molecule has 0 aromatic heterocycles. The maximum atomic E-state index is 12.4. The lowest BCUT2D eigenvalue weighted by molar-refractivity contribution is -0.139. The third-order valence-corrected chi connectivity index (χ3v) is 4.18. The summed E-state index contributed by atoms with van der Waals surface area (Å²) in [4.78, 5) is 27.0. The van der Waals surface area contributed by atoms with Crippen molar-refractivity contribution in [3.63, 3.8) is 0 Å². The van der Waals surface area contributed by atoms with Crippen molar-refractivity contribution in [2.24, 2.45) is 0 Å². The lowest BCUT2D eigenvalue weighted by Gasteiger charge is -2.36. The number of nitrogens with one attached hydrogen (secondary N) is 1. The van der Waals surface area contributed by atoms with Crippen molar-refractivity contribution in [3.05, 3.63) is 0 Å². The van der Waals surface area contributed by atoms with Crippen molar-refractivity contribution < 1.29 is 14.7 Å². The Morgan fingerprint density at radius 2 is 1.85 bits per heavy atom. The molecule has 1 atom stereocenters. The van der Waals surface area contributed by atoms with Crippen molar-refractivity contribution in [2.45, 2.75) is 38.1 Å². The van der Waals surface area contributed by atoms with E-state index < -0.39 is 5.97 Å². The van der Waals surface area contributed by atoms with Crippen LogP contribution in [0.4, 0.5) is 0 Å². The molecule has 0 bridgehead atoms. The van der Waals surface area contributed by atoms with Gasteiger partial charge in [-0.25, -0.2) is 0 Å².